The maximum Gasteiger partial charge on any atom is 0.308 e. The summed E-state index contributed by atoms with van der Waals surface area (Å²) >= 11 is 0. The molecule has 4 aliphatic heterocycles. The minimum atomic E-state index is -1.29. The Kier molecular flexibility index (Phi) is 4.48. The fourth-order valence-electron chi connectivity index (χ4n) is 4.91. The summed E-state index contributed by atoms with van der Waals surface area (Å²) in [6.45, 7) is 5.91. The first kappa shape index (κ1) is 17.9. The molecule has 5 nitrogen and oxygen atoms in total. The monoisotopic (exact) mass is 396 g/mol. The first-order valence-corrected chi connectivity index (χ1v) is 11.1. The number of hydrogen-bond acceptors (Lipinski definition) is 5. The molecule has 28 heavy (non-hydrogen) atoms. The van der Waals surface area contributed by atoms with Gasteiger partial charge in [-0.05, 0) is 68.1 Å². The minimum absolute atomic E-state index is 0.369. The summed E-state index contributed by atoms with van der Waals surface area (Å²) in [5.74, 6) is 1.46. The molecule has 146 valence electrons. The molecule has 6 heteroatoms. The number of nitrogens with zero attached hydrogens (tertiary/aromatic N) is 2. The zero-order valence-corrected chi connectivity index (χ0v) is 16.8. The van der Waals surface area contributed by atoms with Crippen LogP contribution in [0.3, 0.4) is 0 Å². The van der Waals surface area contributed by atoms with Gasteiger partial charge in [-0.25, -0.2) is 4.21 Å². The molecular formula is C22H24N2O3S. The summed E-state index contributed by atoms with van der Waals surface area (Å²) in [5.41, 5.74) is 1.99. The van der Waals surface area contributed by atoms with Crippen LogP contribution in [0, 0.1) is 11.8 Å². The third-order valence-electron chi connectivity index (χ3n) is 6.25. The van der Waals surface area contributed by atoms with Gasteiger partial charge in [0, 0.05) is 20.0 Å². The van der Waals surface area contributed by atoms with E-state index in [2.05, 4.69) is 15.9 Å². The average Bonchev–Trinajstić information content (AvgIpc) is 2.72. The van der Waals surface area contributed by atoms with Gasteiger partial charge in [-0.1, -0.05) is 12.1 Å². The molecule has 2 aromatic rings. The minimum Gasteiger partial charge on any atom is -0.427 e. The van der Waals surface area contributed by atoms with E-state index in [9.17, 15) is 9.00 Å². The molecule has 0 radical (unpaired) electrons. The molecule has 0 aliphatic carbocycles. The molecule has 2 aromatic carbocycles. The Morgan fingerprint density at radius 2 is 1.86 bits per heavy atom. The van der Waals surface area contributed by atoms with Gasteiger partial charge in [0.15, 0.2) is 0 Å². The van der Waals surface area contributed by atoms with E-state index < -0.39 is 10.8 Å². The van der Waals surface area contributed by atoms with Gasteiger partial charge in [0.1, 0.15) is 5.75 Å². The number of para-hydroxylation sites is 1. The zero-order valence-electron chi connectivity index (χ0n) is 16.0. The Morgan fingerprint density at radius 1 is 1.11 bits per heavy atom. The number of anilines is 2. The molecule has 3 fully saturated rings. The number of carbonyl (C=O) groups is 1. The molecule has 6 rings (SSSR count). The molecule has 2 bridgehead atoms. The lowest BCUT2D eigenvalue weighted by Crippen LogP contribution is -2.50. The second-order valence-electron chi connectivity index (χ2n) is 7.97. The molecule has 4 aliphatic rings. The summed E-state index contributed by atoms with van der Waals surface area (Å²) in [7, 11) is -1.29. The summed E-state index contributed by atoms with van der Waals surface area (Å²) < 4.78 is 18.5. The molecule has 3 saturated heterocycles. The van der Waals surface area contributed by atoms with Crippen LogP contribution in [0.25, 0.3) is 0 Å². The van der Waals surface area contributed by atoms with Gasteiger partial charge >= 0.3 is 5.97 Å². The highest BCUT2D eigenvalue weighted by Crippen LogP contribution is 2.45. The lowest BCUT2D eigenvalue weighted by Gasteiger charge is -2.47. The van der Waals surface area contributed by atoms with E-state index in [1.807, 2.05) is 24.3 Å². The number of benzene rings is 2. The molecule has 4 heterocycles. The molecule has 0 spiro atoms. The lowest BCUT2D eigenvalue weighted by atomic mass is 9.78. The fourth-order valence-corrected chi connectivity index (χ4v) is 6.30. The Balaban J connectivity index is 1.54. The Labute approximate surface area is 167 Å². The molecule has 0 N–H and O–H groups in total. The Bertz CT molecular complexity index is 953. The highest BCUT2D eigenvalue weighted by molar-refractivity contribution is 7.85. The van der Waals surface area contributed by atoms with Crippen molar-refractivity contribution in [3.63, 3.8) is 0 Å². The second-order valence-corrected chi connectivity index (χ2v) is 9.39. The number of carbonyl (C=O) groups excluding carboxylic acids is 1. The first-order valence-electron chi connectivity index (χ1n) is 9.93. The van der Waals surface area contributed by atoms with Gasteiger partial charge in [0.2, 0.25) is 0 Å². The number of ether oxygens (including phenoxy) is 1. The van der Waals surface area contributed by atoms with Gasteiger partial charge in [-0.2, -0.15) is 0 Å². The standard InChI is InChI=1S/C22H24N2O3S/c1-15(25)27-18-6-7-20-22(12-18)28(26)21-5-3-2-4-19(21)24(20)14-17-13-23-10-8-16(17)9-11-23/h2-7,12,16-17H,8-11,13-14H2,1H3. The van der Waals surface area contributed by atoms with Crippen molar-refractivity contribution in [2.45, 2.75) is 29.6 Å². The third-order valence-corrected chi connectivity index (χ3v) is 7.72. The molecule has 0 saturated carbocycles. The molecular weight excluding hydrogens is 372 g/mol. The van der Waals surface area contributed by atoms with Gasteiger partial charge in [-0.3, -0.25) is 4.79 Å². The quantitative estimate of drug-likeness (QED) is 0.586. The van der Waals surface area contributed by atoms with E-state index in [1.165, 1.54) is 32.9 Å². The van der Waals surface area contributed by atoms with Crippen molar-refractivity contribution in [1.29, 1.82) is 0 Å². The Morgan fingerprint density at radius 3 is 2.57 bits per heavy atom. The van der Waals surface area contributed by atoms with Gasteiger partial charge < -0.3 is 14.5 Å². The summed E-state index contributed by atoms with van der Waals surface area (Å²) in [6.07, 6.45) is 2.56. The van der Waals surface area contributed by atoms with E-state index in [0.29, 0.717) is 11.7 Å². The van der Waals surface area contributed by atoms with Crippen molar-refractivity contribution in [2.75, 3.05) is 31.1 Å². The van der Waals surface area contributed by atoms with Crippen LogP contribution in [0.4, 0.5) is 11.4 Å². The van der Waals surface area contributed by atoms with Crippen molar-refractivity contribution >= 4 is 28.1 Å². The van der Waals surface area contributed by atoms with Crippen molar-refractivity contribution in [3.05, 3.63) is 42.5 Å². The average molecular weight is 397 g/mol. The first-order chi connectivity index (χ1) is 13.6. The van der Waals surface area contributed by atoms with Crippen molar-refractivity contribution < 1.29 is 13.7 Å². The smallest absolute Gasteiger partial charge is 0.308 e. The molecule has 0 amide bonds. The normalized spacial score (nSPS) is 27.8. The predicted molar refractivity (Wildman–Crippen MR) is 109 cm³/mol. The summed E-state index contributed by atoms with van der Waals surface area (Å²) in [4.78, 5) is 17.8. The number of fused-ring (bicyclic) bond motifs is 5. The lowest BCUT2D eigenvalue weighted by molar-refractivity contribution is -0.131. The van der Waals surface area contributed by atoms with Crippen LogP contribution < -0.4 is 9.64 Å². The fraction of sp³-hybridized carbons (Fsp3) is 0.409. The molecule has 2 unspecified atom stereocenters. The van der Waals surface area contributed by atoms with Crippen LogP contribution in [0.1, 0.15) is 19.8 Å². The highest BCUT2D eigenvalue weighted by Gasteiger charge is 2.37. The van der Waals surface area contributed by atoms with Gasteiger partial charge in [0.05, 0.1) is 32.0 Å². The third kappa shape index (κ3) is 3.05. The van der Waals surface area contributed by atoms with E-state index in [-0.39, 0.29) is 5.97 Å². The van der Waals surface area contributed by atoms with Crippen LogP contribution in [0.5, 0.6) is 5.75 Å². The zero-order chi connectivity index (χ0) is 19.3. The van der Waals surface area contributed by atoms with Crippen molar-refractivity contribution in [2.24, 2.45) is 11.8 Å². The van der Waals surface area contributed by atoms with Crippen LogP contribution in [0.15, 0.2) is 52.3 Å². The number of hydrogen-bond donors (Lipinski definition) is 0. The molecule has 2 atom stereocenters. The topological polar surface area (TPSA) is 49.9 Å². The van der Waals surface area contributed by atoms with E-state index in [4.69, 9.17) is 4.74 Å². The van der Waals surface area contributed by atoms with Crippen molar-refractivity contribution in [1.82, 2.24) is 4.90 Å². The summed E-state index contributed by atoms with van der Waals surface area (Å²) in [5, 5.41) is 0. The Hall–Kier alpha value is -2.18. The summed E-state index contributed by atoms with van der Waals surface area (Å²) in [6, 6.07) is 13.5. The molecule has 0 aromatic heterocycles. The van der Waals surface area contributed by atoms with E-state index in [0.717, 1.165) is 40.2 Å². The maximum atomic E-state index is 13.2. The number of esters is 1. The maximum absolute atomic E-state index is 13.2. The van der Waals surface area contributed by atoms with Crippen LogP contribution in [-0.2, 0) is 15.6 Å². The van der Waals surface area contributed by atoms with Crippen molar-refractivity contribution in [3.8, 4) is 5.75 Å². The van der Waals surface area contributed by atoms with E-state index in [1.54, 1.807) is 12.1 Å². The van der Waals surface area contributed by atoms with Crippen LogP contribution in [-0.4, -0.2) is 41.3 Å². The van der Waals surface area contributed by atoms with Gasteiger partial charge in [0.25, 0.3) is 0 Å². The second kappa shape index (κ2) is 7.01. The largest absolute Gasteiger partial charge is 0.427 e. The van der Waals surface area contributed by atoms with Crippen LogP contribution in [0.2, 0.25) is 0 Å². The number of rotatable bonds is 3. The number of piperidine rings is 3. The predicted octanol–water partition coefficient (Wildman–Crippen LogP) is 3.57. The van der Waals surface area contributed by atoms with Gasteiger partial charge in [-0.15, -0.1) is 0 Å². The van der Waals surface area contributed by atoms with Crippen LogP contribution >= 0.6 is 0 Å². The highest BCUT2D eigenvalue weighted by atomic mass is 32.2. The van der Waals surface area contributed by atoms with E-state index >= 15 is 0 Å². The SMILES string of the molecule is CC(=O)Oc1ccc2c(c1)S(=O)c1ccccc1N2CC1CN2CCC1CC2.